The first-order chi connectivity index (χ1) is 15.1. The molecule has 10 heteroatoms. The van der Waals surface area contributed by atoms with Gasteiger partial charge < -0.3 is 15.5 Å². The summed E-state index contributed by atoms with van der Waals surface area (Å²) in [4.78, 5) is 36.4. The van der Waals surface area contributed by atoms with Gasteiger partial charge in [0.05, 0.1) is 12.2 Å². The Hall–Kier alpha value is -2.23. The third-order valence-electron chi connectivity index (χ3n) is 6.53. The fourth-order valence-electron chi connectivity index (χ4n) is 4.58. The quantitative estimate of drug-likeness (QED) is 0.714. The monoisotopic (exact) mass is 453 g/mol. The molecule has 2 amide bonds. The summed E-state index contributed by atoms with van der Waals surface area (Å²) in [6.07, 6.45) is -0.659. The van der Waals surface area contributed by atoms with Crippen molar-refractivity contribution in [2.75, 3.05) is 19.6 Å². The van der Waals surface area contributed by atoms with Crippen molar-refractivity contribution < 1.29 is 22.8 Å². The predicted octanol–water partition coefficient (Wildman–Crippen LogP) is 2.31. The van der Waals surface area contributed by atoms with Gasteiger partial charge in [-0.2, -0.15) is 13.2 Å². The van der Waals surface area contributed by atoms with E-state index in [9.17, 15) is 22.8 Å². The molecule has 1 aliphatic carbocycles. The van der Waals surface area contributed by atoms with E-state index in [2.05, 4.69) is 16.9 Å². The van der Waals surface area contributed by atoms with Crippen molar-refractivity contribution in [1.82, 2.24) is 19.8 Å². The Bertz CT molecular complexity index is 887. The lowest BCUT2D eigenvalue weighted by atomic mass is 9.98. The van der Waals surface area contributed by atoms with Crippen molar-refractivity contribution in [3.63, 3.8) is 0 Å². The molecule has 0 aromatic carbocycles. The molecule has 0 bridgehead atoms. The van der Waals surface area contributed by atoms with Crippen LogP contribution in [-0.2, 0) is 35.2 Å². The van der Waals surface area contributed by atoms with Crippen LogP contribution in [0.15, 0.2) is 0 Å². The van der Waals surface area contributed by atoms with Crippen LogP contribution in [0.1, 0.15) is 61.8 Å². The maximum Gasteiger partial charge on any atom is 0.433 e. The molecule has 1 saturated heterocycles. The van der Waals surface area contributed by atoms with Gasteiger partial charge in [-0.15, -0.1) is 0 Å². The Morgan fingerprint density at radius 3 is 2.66 bits per heavy atom. The number of piperidine rings is 1. The smallest absolute Gasteiger partial charge is 0.341 e. The van der Waals surface area contributed by atoms with Crippen LogP contribution in [0.25, 0.3) is 0 Å². The summed E-state index contributed by atoms with van der Waals surface area (Å²) in [5, 5.41) is 0. The zero-order valence-electron chi connectivity index (χ0n) is 18.3. The summed E-state index contributed by atoms with van der Waals surface area (Å²) in [5.41, 5.74) is 5.69. The Labute approximate surface area is 185 Å². The third kappa shape index (κ3) is 5.39. The molecule has 4 rings (SSSR count). The van der Waals surface area contributed by atoms with E-state index >= 15 is 0 Å². The van der Waals surface area contributed by atoms with Crippen LogP contribution in [0, 0.1) is 11.8 Å². The van der Waals surface area contributed by atoms with E-state index in [0.717, 1.165) is 19.3 Å². The lowest BCUT2D eigenvalue weighted by Gasteiger charge is -2.34. The molecular weight excluding hydrogens is 423 g/mol. The number of amides is 2. The number of carbonyl (C=O) groups is 2. The summed E-state index contributed by atoms with van der Waals surface area (Å²) in [6, 6.07) is -0.514. The zero-order valence-corrected chi connectivity index (χ0v) is 18.3. The minimum Gasteiger partial charge on any atom is -0.341 e. The second-order valence-electron chi connectivity index (χ2n) is 9.53. The fraction of sp³-hybridized carbons (Fsp3) is 0.727. The van der Waals surface area contributed by atoms with Crippen LogP contribution in [0.5, 0.6) is 0 Å². The van der Waals surface area contributed by atoms with Crippen LogP contribution in [0.4, 0.5) is 13.2 Å². The first-order valence-corrected chi connectivity index (χ1v) is 11.4. The molecule has 0 radical (unpaired) electrons. The van der Waals surface area contributed by atoms with Gasteiger partial charge in [0.25, 0.3) is 0 Å². The Morgan fingerprint density at radius 2 is 1.97 bits per heavy atom. The fourth-order valence-corrected chi connectivity index (χ4v) is 4.58. The van der Waals surface area contributed by atoms with Gasteiger partial charge >= 0.3 is 6.18 Å². The van der Waals surface area contributed by atoms with Gasteiger partial charge in [-0.3, -0.25) is 9.59 Å². The van der Waals surface area contributed by atoms with Crippen LogP contribution >= 0.6 is 0 Å². The first-order valence-electron chi connectivity index (χ1n) is 11.4. The number of rotatable bonds is 6. The lowest BCUT2D eigenvalue weighted by Crippen LogP contribution is -2.48. The van der Waals surface area contributed by atoms with Crippen molar-refractivity contribution in [1.29, 1.82) is 0 Å². The van der Waals surface area contributed by atoms with Crippen molar-refractivity contribution in [3.8, 4) is 0 Å². The standard InChI is InChI=1S/C22H30F3N5O2/c1-13-2-5-19(31)30(10-13)11-15(26)9-20(32)29-7-6-16-17(12-29)27-18(8-14-3-4-14)28-21(16)22(23,24)25/h13-15H,2-12,26H2,1H3/t13-,15+/m1/s1. The van der Waals surface area contributed by atoms with Gasteiger partial charge in [0, 0.05) is 50.5 Å². The van der Waals surface area contributed by atoms with E-state index in [1.807, 2.05) is 0 Å². The van der Waals surface area contributed by atoms with E-state index in [0.29, 0.717) is 37.8 Å². The highest BCUT2D eigenvalue weighted by Gasteiger charge is 2.39. The lowest BCUT2D eigenvalue weighted by molar-refractivity contribution is -0.142. The van der Waals surface area contributed by atoms with Gasteiger partial charge in [0.2, 0.25) is 11.8 Å². The maximum atomic E-state index is 13.6. The zero-order chi connectivity index (χ0) is 23.0. The first kappa shape index (κ1) is 22.9. The molecule has 1 aromatic heterocycles. The maximum absolute atomic E-state index is 13.6. The summed E-state index contributed by atoms with van der Waals surface area (Å²) in [7, 11) is 0. The van der Waals surface area contributed by atoms with Crippen LogP contribution in [0.2, 0.25) is 0 Å². The molecule has 0 spiro atoms. The number of nitrogens with zero attached hydrogens (tertiary/aromatic N) is 4. The SMILES string of the molecule is C[C@@H]1CCC(=O)N(C[C@@H](N)CC(=O)N2CCc3c(nc(CC4CC4)nc3C(F)(F)F)C2)C1. The number of nitrogens with two attached hydrogens (primary N) is 1. The van der Waals surface area contributed by atoms with E-state index in [4.69, 9.17) is 5.73 Å². The van der Waals surface area contributed by atoms with Crippen LogP contribution in [-0.4, -0.2) is 57.3 Å². The number of hydrogen-bond acceptors (Lipinski definition) is 5. The highest BCUT2D eigenvalue weighted by atomic mass is 19.4. The van der Waals surface area contributed by atoms with Crippen molar-refractivity contribution in [2.24, 2.45) is 17.6 Å². The molecule has 3 heterocycles. The minimum atomic E-state index is -4.54. The highest BCUT2D eigenvalue weighted by Crippen LogP contribution is 2.36. The van der Waals surface area contributed by atoms with Gasteiger partial charge in [-0.05, 0) is 37.5 Å². The number of halogens is 3. The second kappa shape index (κ2) is 8.96. The van der Waals surface area contributed by atoms with Gasteiger partial charge in [-0.1, -0.05) is 6.92 Å². The number of carbonyl (C=O) groups excluding carboxylic acids is 2. The number of hydrogen-bond donors (Lipinski definition) is 1. The number of fused-ring (bicyclic) bond motifs is 1. The highest BCUT2D eigenvalue weighted by molar-refractivity contribution is 5.78. The van der Waals surface area contributed by atoms with E-state index in [1.54, 1.807) is 4.90 Å². The normalized spacial score (nSPS) is 22.7. The number of likely N-dealkylation sites (tertiary alicyclic amines) is 1. The summed E-state index contributed by atoms with van der Waals surface area (Å²) >= 11 is 0. The van der Waals surface area contributed by atoms with E-state index < -0.39 is 17.9 Å². The Morgan fingerprint density at radius 1 is 1.22 bits per heavy atom. The Kier molecular flexibility index (Phi) is 6.42. The molecule has 176 valence electrons. The van der Waals surface area contributed by atoms with Crippen LogP contribution < -0.4 is 5.73 Å². The molecule has 0 unspecified atom stereocenters. The van der Waals surface area contributed by atoms with Gasteiger partial charge in [0.15, 0.2) is 5.69 Å². The summed E-state index contributed by atoms with van der Waals surface area (Å²) in [6.45, 7) is 3.23. The molecule has 2 fully saturated rings. The molecule has 1 aromatic rings. The third-order valence-corrected chi connectivity index (χ3v) is 6.53. The van der Waals surface area contributed by atoms with E-state index in [1.165, 1.54) is 4.90 Å². The van der Waals surface area contributed by atoms with Crippen molar-refractivity contribution in [3.05, 3.63) is 22.8 Å². The molecule has 3 aliphatic rings. The molecule has 32 heavy (non-hydrogen) atoms. The predicted molar refractivity (Wildman–Crippen MR) is 110 cm³/mol. The summed E-state index contributed by atoms with van der Waals surface area (Å²) < 4.78 is 40.8. The molecule has 2 atom stereocenters. The minimum absolute atomic E-state index is 0.0316. The average Bonchev–Trinajstić information content (AvgIpc) is 3.53. The average molecular weight is 454 g/mol. The largest absolute Gasteiger partial charge is 0.433 e. The summed E-state index contributed by atoms with van der Waals surface area (Å²) in [5.74, 6) is 0.798. The molecular formula is C22H30F3N5O2. The topological polar surface area (TPSA) is 92.4 Å². The van der Waals surface area contributed by atoms with Crippen molar-refractivity contribution >= 4 is 11.8 Å². The van der Waals surface area contributed by atoms with Gasteiger partial charge in [0.1, 0.15) is 5.82 Å². The Balaban J connectivity index is 1.42. The van der Waals surface area contributed by atoms with Crippen molar-refractivity contribution in [2.45, 2.75) is 70.6 Å². The molecule has 2 N–H and O–H groups in total. The number of alkyl halides is 3. The number of aromatic nitrogens is 2. The molecule has 7 nitrogen and oxygen atoms in total. The van der Waals surface area contributed by atoms with Crippen LogP contribution in [0.3, 0.4) is 0 Å². The van der Waals surface area contributed by atoms with E-state index in [-0.39, 0.29) is 54.8 Å². The molecule has 1 saturated carbocycles. The van der Waals surface area contributed by atoms with Gasteiger partial charge in [-0.25, -0.2) is 9.97 Å². The molecule has 2 aliphatic heterocycles. The second-order valence-corrected chi connectivity index (χ2v) is 9.53.